The number of rotatable bonds is 6. The lowest BCUT2D eigenvalue weighted by molar-refractivity contribution is -0.135. The molecule has 3 amide bonds. The second kappa shape index (κ2) is 12.2. The Labute approximate surface area is 229 Å². The van der Waals surface area contributed by atoms with E-state index in [1.165, 1.54) is 6.20 Å². The fraction of sp³-hybridized carbons (Fsp3) is 0.367. The Hall–Kier alpha value is -4.11. The lowest BCUT2D eigenvalue weighted by Gasteiger charge is -2.33. The SMILES string of the molecule is CC(C)[C@H]1Oc2ccc(cc2)/C=C/NC(=O)[C@H](C)NC(=O)[C@H]1NC(=O)[C@H](Cc1c[nH]c2ccccc12)N(C)C. The zero-order chi connectivity index (χ0) is 28.1. The average molecular weight is 532 g/mol. The van der Waals surface area contributed by atoms with Gasteiger partial charge >= 0.3 is 0 Å². The summed E-state index contributed by atoms with van der Waals surface area (Å²) in [7, 11) is 3.68. The van der Waals surface area contributed by atoms with Gasteiger partial charge in [0, 0.05) is 23.3 Å². The highest BCUT2D eigenvalue weighted by molar-refractivity contribution is 5.94. The first kappa shape index (κ1) is 27.9. The molecule has 4 N–H and O–H groups in total. The number of aromatic nitrogens is 1. The molecule has 0 fully saturated rings. The molecule has 1 aromatic heterocycles. The highest BCUT2D eigenvalue weighted by Gasteiger charge is 2.37. The van der Waals surface area contributed by atoms with Gasteiger partial charge in [-0.05, 0) is 68.8 Å². The second-order valence-corrected chi connectivity index (χ2v) is 10.5. The number of carbonyl (C=O) groups is 3. The van der Waals surface area contributed by atoms with Crippen LogP contribution in [0.4, 0.5) is 0 Å². The number of nitrogens with one attached hydrogen (secondary N) is 4. The summed E-state index contributed by atoms with van der Waals surface area (Å²) in [5.41, 5.74) is 2.88. The van der Waals surface area contributed by atoms with Gasteiger partial charge in [-0.25, -0.2) is 0 Å². The van der Waals surface area contributed by atoms with Crippen LogP contribution < -0.4 is 20.7 Å². The summed E-state index contributed by atoms with van der Waals surface area (Å²) in [5.74, 6) is -0.729. The van der Waals surface area contributed by atoms with Gasteiger partial charge in [0.05, 0.1) is 6.04 Å². The number of hydrogen-bond acceptors (Lipinski definition) is 5. The van der Waals surface area contributed by atoms with Crippen molar-refractivity contribution in [3.8, 4) is 5.75 Å². The molecule has 5 rings (SSSR count). The van der Waals surface area contributed by atoms with Crippen LogP contribution in [0.2, 0.25) is 0 Å². The van der Waals surface area contributed by atoms with Crippen molar-refractivity contribution in [1.82, 2.24) is 25.8 Å². The molecule has 9 heteroatoms. The van der Waals surface area contributed by atoms with Crippen molar-refractivity contribution in [1.29, 1.82) is 0 Å². The molecule has 0 aliphatic carbocycles. The van der Waals surface area contributed by atoms with Crippen LogP contribution in [-0.2, 0) is 20.8 Å². The van der Waals surface area contributed by atoms with Crippen molar-refractivity contribution in [2.24, 2.45) is 5.92 Å². The molecule has 0 spiro atoms. The van der Waals surface area contributed by atoms with Crippen LogP contribution >= 0.6 is 0 Å². The molecule has 3 aromatic rings. The normalized spacial score (nSPS) is 21.7. The molecule has 39 heavy (non-hydrogen) atoms. The Morgan fingerprint density at radius 2 is 1.77 bits per heavy atom. The molecule has 2 bridgehead atoms. The minimum Gasteiger partial charge on any atom is -0.487 e. The third-order valence-electron chi connectivity index (χ3n) is 6.99. The van der Waals surface area contributed by atoms with Crippen molar-refractivity contribution in [2.75, 3.05) is 14.1 Å². The Kier molecular flexibility index (Phi) is 8.71. The Morgan fingerprint density at radius 3 is 2.46 bits per heavy atom. The maximum Gasteiger partial charge on any atom is 0.247 e. The van der Waals surface area contributed by atoms with Gasteiger partial charge in [0.15, 0.2) is 0 Å². The van der Waals surface area contributed by atoms with Gasteiger partial charge in [-0.3, -0.25) is 19.3 Å². The molecule has 9 nitrogen and oxygen atoms in total. The Bertz CT molecular complexity index is 1340. The van der Waals surface area contributed by atoms with E-state index in [0.29, 0.717) is 12.2 Å². The topological polar surface area (TPSA) is 116 Å². The highest BCUT2D eigenvalue weighted by Crippen LogP contribution is 2.22. The predicted molar refractivity (Wildman–Crippen MR) is 152 cm³/mol. The van der Waals surface area contributed by atoms with Crippen molar-refractivity contribution in [2.45, 2.75) is 51.4 Å². The summed E-state index contributed by atoms with van der Waals surface area (Å²) in [6.45, 7) is 5.47. The van der Waals surface area contributed by atoms with E-state index in [9.17, 15) is 14.4 Å². The van der Waals surface area contributed by atoms with Crippen molar-refractivity contribution in [3.63, 3.8) is 0 Å². The predicted octanol–water partition coefficient (Wildman–Crippen LogP) is 2.83. The number of benzene rings is 2. The lowest BCUT2D eigenvalue weighted by atomic mass is 9.96. The Balaban J connectivity index is 1.64. The van der Waals surface area contributed by atoms with E-state index < -0.39 is 30.1 Å². The van der Waals surface area contributed by atoms with Crippen LogP contribution in [0.15, 0.2) is 60.9 Å². The van der Waals surface area contributed by atoms with Crippen LogP contribution in [0.1, 0.15) is 31.9 Å². The second-order valence-electron chi connectivity index (χ2n) is 10.5. The molecule has 0 saturated heterocycles. The van der Waals surface area contributed by atoms with Crippen LogP contribution in [0, 0.1) is 5.92 Å². The van der Waals surface area contributed by atoms with Crippen molar-refractivity contribution < 1.29 is 19.1 Å². The number of amides is 3. The van der Waals surface area contributed by atoms with Crippen molar-refractivity contribution >= 4 is 34.7 Å². The van der Waals surface area contributed by atoms with E-state index in [0.717, 1.165) is 22.0 Å². The zero-order valence-corrected chi connectivity index (χ0v) is 23.0. The van der Waals surface area contributed by atoms with Gasteiger partial charge in [-0.2, -0.15) is 0 Å². The van der Waals surface area contributed by atoms with Crippen molar-refractivity contribution in [3.05, 3.63) is 72.1 Å². The summed E-state index contributed by atoms with van der Waals surface area (Å²) < 4.78 is 6.30. The van der Waals surface area contributed by atoms with Gasteiger partial charge < -0.3 is 25.7 Å². The number of H-pyrrole nitrogens is 1. The van der Waals surface area contributed by atoms with E-state index in [1.807, 2.05) is 87.6 Å². The first-order chi connectivity index (χ1) is 18.6. The number of likely N-dealkylation sites (N-methyl/N-ethyl adjacent to an activating group) is 1. The third kappa shape index (κ3) is 6.67. The van der Waals surface area contributed by atoms with E-state index >= 15 is 0 Å². The van der Waals surface area contributed by atoms with Crippen LogP contribution in [0.5, 0.6) is 5.75 Å². The fourth-order valence-electron chi connectivity index (χ4n) is 4.68. The molecule has 0 saturated carbocycles. The molecule has 2 aliphatic heterocycles. The Morgan fingerprint density at radius 1 is 1.05 bits per heavy atom. The third-order valence-corrected chi connectivity index (χ3v) is 6.99. The summed E-state index contributed by atoms with van der Waals surface area (Å²) in [6.07, 6.45) is 4.97. The van der Waals surface area contributed by atoms with Crippen LogP contribution in [0.25, 0.3) is 17.0 Å². The molecule has 0 unspecified atom stereocenters. The number of fused-ring (bicyclic) bond motifs is 11. The highest BCUT2D eigenvalue weighted by atomic mass is 16.5. The molecule has 206 valence electrons. The van der Waals surface area contributed by atoms with E-state index in [2.05, 4.69) is 20.9 Å². The number of hydrogen-bond donors (Lipinski definition) is 4. The smallest absolute Gasteiger partial charge is 0.247 e. The minimum atomic E-state index is -1.05. The van der Waals surface area contributed by atoms with Gasteiger partial charge in [-0.15, -0.1) is 0 Å². The van der Waals surface area contributed by atoms with Gasteiger partial charge in [0.25, 0.3) is 0 Å². The van der Waals surface area contributed by atoms with Gasteiger partial charge in [-0.1, -0.05) is 44.2 Å². The van der Waals surface area contributed by atoms with Crippen LogP contribution in [-0.4, -0.2) is 65.9 Å². The van der Waals surface area contributed by atoms with E-state index in [1.54, 1.807) is 13.0 Å². The maximum absolute atomic E-state index is 13.8. The monoisotopic (exact) mass is 531 g/mol. The fourth-order valence-corrected chi connectivity index (χ4v) is 4.68. The molecule has 2 aromatic carbocycles. The summed E-state index contributed by atoms with van der Waals surface area (Å²) in [5, 5.41) is 9.47. The van der Waals surface area contributed by atoms with Crippen LogP contribution in [0.3, 0.4) is 0 Å². The first-order valence-electron chi connectivity index (χ1n) is 13.2. The molecule has 2 aliphatic rings. The number of nitrogens with zero attached hydrogens (tertiary/aromatic N) is 1. The summed E-state index contributed by atoms with van der Waals surface area (Å²) >= 11 is 0. The number of aromatic amines is 1. The lowest BCUT2D eigenvalue weighted by Crippen LogP contribution is -2.61. The van der Waals surface area contributed by atoms with Gasteiger partial charge in [0.1, 0.15) is 23.9 Å². The van der Waals surface area contributed by atoms with E-state index in [-0.39, 0.29) is 17.7 Å². The minimum absolute atomic E-state index is 0.135. The quantitative estimate of drug-likeness (QED) is 0.391. The number of para-hydroxylation sites is 1. The number of ether oxygens (including phenoxy) is 1. The molecule has 0 radical (unpaired) electrons. The summed E-state index contributed by atoms with van der Waals surface area (Å²) in [6, 6.07) is 12.9. The number of carbonyl (C=O) groups excluding carboxylic acids is 3. The largest absolute Gasteiger partial charge is 0.487 e. The standard InChI is InChI=1S/C30H37N5O4/c1-18(2)27-26(30(38)33-19(3)28(36)31-15-14-20-10-12-22(39-27)13-11-20)34-29(37)25(35(4)5)16-21-17-32-24-9-7-6-8-23(21)24/h6-15,17-19,25-27,32H,16H2,1-5H3,(H,31,36)(H,33,38)(H,34,37)/b15-14+/t19-,25-,26-,27+/m0/s1. The zero-order valence-electron chi connectivity index (χ0n) is 23.0. The average Bonchev–Trinajstić information content (AvgIpc) is 3.31. The maximum atomic E-state index is 13.8. The van der Waals surface area contributed by atoms with Gasteiger partial charge in [0.2, 0.25) is 17.7 Å². The molecular formula is C30H37N5O4. The molecule has 3 heterocycles. The first-order valence-corrected chi connectivity index (χ1v) is 13.2. The van der Waals surface area contributed by atoms with E-state index in [4.69, 9.17) is 4.74 Å². The molecular weight excluding hydrogens is 494 g/mol. The molecule has 4 atom stereocenters. The summed E-state index contributed by atoms with van der Waals surface area (Å²) in [4.78, 5) is 45.1.